The van der Waals surface area contributed by atoms with Crippen molar-refractivity contribution in [2.24, 2.45) is 0 Å². The minimum absolute atomic E-state index is 0.307. The highest BCUT2D eigenvalue weighted by Gasteiger charge is 2.17. The molecule has 0 unspecified atom stereocenters. The van der Waals surface area contributed by atoms with Crippen LogP contribution in [0.25, 0.3) is 5.95 Å². The van der Waals surface area contributed by atoms with E-state index in [0.29, 0.717) is 24.4 Å². The first kappa shape index (κ1) is 14.2. The van der Waals surface area contributed by atoms with Crippen molar-refractivity contribution >= 4 is 11.9 Å². The molecule has 0 saturated carbocycles. The van der Waals surface area contributed by atoms with E-state index in [2.05, 4.69) is 30.7 Å². The van der Waals surface area contributed by atoms with Crippen molar-refractivity contribution in [3.05, 3.63) is 18.5 Å². The number of aromatic nitrogens is 5. The van der Waals surface area contributed by atoms with Crippen LogP contribution in [0.3, 0.4) is 0 Å². The second-order valence-corrected chi connectivity index (χ2v) is 4.80. The molecule has 2 aromatic heterocycles. The molecule has 0 aliphatic carbocycles. The van der Waals surface area contributed by atoms with Crippen LogP contribution >= 0.6 is 0 Å². The minimum atomic E-state index is -0.307. The number of nitrogens with one attached hydrogen (secondary N) is 2. The Morgan fingerprint density at radius 1 is 1.25 bits per heavy atom. The smallest absolute Gasteiger partial charge is 0.257 e. The Bertz CT molecular complexity index is 553. The van der Waals surface area contributed by atoms with E-state index in [0.717, 1.165) is 0 Å². The van der Waals surface area contributed by atoms with Gasteiger partial charge in [-0.05, 0) is 19.9 Å². The Morgan fingerprint density at radius 3 is 2.60 bits per heavy atom. The predicted octanol–water partition coefficient (Wildman–Crippen LogP) is 0.936. The van der Waals surface area contributed by atoms with Crippen LogP contribution in [-0.2, 0) is 4.74 Å². The normalized spacial score (nSPS) is 11.4. The summed E-state index contributed by atoms with van der Waals surface area (Å²) < 4.78 is 6.93. The van der Waals surface area contributed by atoms with Crippen LogP contribution in [0.15, 0.2) is 18.5 Å². The van der Waals surface area contributed by atoms with Gasteiger partial charge in [-0.25, -0.2) is 4.68 Å². The lowest BCUT2D eigenvalue weighted by atomic mass is 10.1. The van der Waals surface area contributed by atoms with E-state index in [4.69, 9.17) is 4.74 Å². The summed E-state index contributed by atoms with van der Waals surface area (Å²) in [6.45, 7) is 4.54. The molecule has 8 heteroatoms. The second kappa shape index (κ2) is 5.83. The molecule has 0 fully saturated rings. The van der Waals surface area contributed by atoms with Gasteiger partial charge in [0.2, 0.25) is 11.9 Å². The maximum atomic E-state index is 5.35. The van der Waals surface area contributed by atoms with E-state index in [9.17, 15) is 0 Å². The van der Waals surface area contributed by atoms with Gasteiger partial charge in [0.25, 0.3) is 5.95 Å². The molecule has 0 saturated heterocycles. The van der Waals surface area contributed by atoms with Crippen LogP contribution in [0.4, 0.5) is 11.9 Å². The van der Waals surface area contributed by atoms with E-state index < -0.39 is 0 Å². The van der Waals surface area contributed by atoms with E-state index >= 15 is 0 Å². The largest absolute Gasteiger partial charge is 0.377 e. The summed E-state index contributed by atoms with van der Waals surface area (Å²) in [6, 6.07) is 1.81. The molecule has 0 spiro atoms. The summed E-state index contributed by atoms with van der Waals surface area (Å²) in [6.07, 6.45) is 3.45. The highest BCUT2D eigenvalue weighted by atomic mass is 16.5. The average Bonchev–Trinajstić information content (AvgIpc) is 2.99. The van der Waals surface area contributed by atoms with Crippen LogP contribution in [0.1, 0.15) is 13.8 Å². The molecule has 2 heterocycles. The molecular formula is C12H19N7O. The third kappa shape index (κ3) is 3.41. The zero-order chi connectivity index (χ0) is 14.6. The summed E-state index contributed by atoms with van der Waals surface area (Å²) >= 11 is 0. The van der Waals surface area contributed by atoms with Crippen molar-refractivity contribution in [2.45, 2.75) is 19.4 Å². The molecule has 2 aromatic rings. The molecule has 108 valence electrons. The highest BCUT2D eigenvalue weighted by molar-refractivity contribution is 5.37. The molecular weight excluding hydrogens is 258 g/mol. The van der Waals surface area contributed by atoms with Crippen molar-refractivity contribution in [1.82, 2.24) is 24.7 Å². The number of hydrogen-bond donors (Lipinski definition) is 2. The van der Waals surface area contributed by atoms with Gasteiger partial charge < -0.3 is 15.4 Å². The quantitative estimate of drug-likeness (QED) is 0.812. The van der Waals surface area contributed by atoms with Gasteiger partial charge in [0, 0.05) is 33.1 Å². The van der Waals surface area contributed by atoms with E-state index in [-0.39, 0.29) is 5.60 Å². The fourth-order valence-electron chi connectivity index (χ4n) is 1.41. The van der Waals surface area contributed by atoms with Crippen molar-refractivity contribution in [3.8, 4) is 5.95 Å². The molecule has 0 aliphatic heterocycles. The Morgan fingerprint density at radius 2 is 2.00 bits per heavy atom. The molecule has 20 heavy (non-hydrogen) atoms. The summed E-state index contributed by atoms with van der Waals surface area (Å²) in [5.74, 6) is 1.40. The van der Waals surface area contributed by atoms with Crippen LogP contribution in [-0.4, -0.2) is 51.0 Å². The average molecular weight is 277 g/mol. The number of nitrogens with zero attached hydrogens (tertiary/aromatic N) is 5. The monoisotopic (exact) mass is 277 g/mol. The number of hydrogen-bond acceptors (Lipinski definition) is 7. The van der Waals surface area contributed by atoms with Gasteiger partial charge >= 0.3 is 0 Å². The van der Waals surface area contributed by atoms with Gasteiger partial charge in [-0.2, -0.15) is 20.1 Å². The van der Waals surface area contributed by atoms with Gasteiger partial charge in [0.05, 0.1) is 5.60 Å². The molecule has 0 amide bonds. The maximum Gasteiger partial charge on any atom is 0.257 e. The fraction of sp³-hybridized carbons (Fsp3) is 0.500. The molecule has 0 radical (unpaired) electrons. The Hall–Kier alpha value is -2.22. The Kier molecular flexibility index (Phi) is 4.14. The van der Waals surface area contributed by atoms with Crippen LogP contribution in [0.5, 0.6) is 0 Å². The number of methoxy groups -OCH3 is 1. The van der Waals surface area contributed by atoms with Crippen LogP contribution < -0.4 is 10.6 Å². The van der Waals surface area contributed by atoms with Gasteiger partial charge in [-0.15, -0.1) is 0 Å². The summed E-state index contributed by atoms with van der Waals surface area (Å²) in [7, 11) is 3.42. The summed E-state index contributed by atoms with van der Waals surface area (Å²) in [5, 5.41) is 10.2. The Labute approximate surface area is 117 Å². The highest BCUT2D eigenvalue weighted by Crippen LogP contribution is 2.11. The van der Waals surface area contributed by atoms with E-state index in [1.807, 2.05) is 19.9 Å². The molecule has 2 N–H and O–H groups in total. The summed E-state index contributed by atoms with van der Waals surface area (Å²) in [5.41, 5.74) is -0.307. The first-order valence-corrected chi connectivity index (χ1v) is 6.27. The van der Waals surface area contributed by atoms with Crippen LogP contribution in [0.2, 0.25) is 0 Å². The van der Waals surface area contributed by atoms with Crippen molar-refractivity contribution in [3.63, 3.8) is 0 Å². The van der Waals surface area contributed by atoms with Crippen molar-refractivity contribution in [2.75, 3.05) is 31.3 Å². The molecule has 0 aliphatic rings. The van der Waals surface area contributed by atoms with E-state index in [1.54, 1.807) is 31.2 Å². The van der Waals surface area contributed by atoms with Gasteiger partial charge in [-0.3, -0.25) is 0 Å². The van der Waals surface area contributed by atoms with Gasteiger partial charge in [0.15, 0.2) is 0 Å². The third-order valence-corrected chi connectivity index (χ3v) is 2.78. The SMILES string of the molecule is CNc1nc(NCC(C)(C)OC)nc(-n2cccn2)n1. The lowest BCUT2D eigenvalue weighted by molar-refractivity contribution is 0.0342. The molecule has 0 aromatic carbocycles. The van der Waals surface area contributed by atoms with Crippen molar-refractivity contribution < 1.29 is 4.74 Å². The molecule has 0 bridgehead atoms. The van der Waals surface area contributed by atoms with Gasteiger partial charge in [-0.1, -0.05) is 0 Å². The fourth-order valence-corrected chi connectivity index (χ4v) is 1.41. The third-order valence-electron chi connectivity index (χ3n) is 2.78. The second-order valence-electron chi connectivity index (χ2n) is 4.80. The zero-order valence-corrected chi connectivity index (χ0v) is 12.1. The molecule has 2 rings (SSSR count). The predicted molar refractivity (Wildman–Crippen MR) is 76.1 cm³/mol. The van der Waals surface area contributed by atoms with Crippen molar-refractivity contribution in [1.29, 1.82) is 0 Å². The first-order valence-electron chi connectivity index (χ1n) is 6.27. The first-order chi connectivity index (χ1) is 9.54. The standard InChI is InChI=1S/C12H19N7O/c1-12(2,20-4)8-14-10-16-9(13-3)17-11(18-10)19-7-5-6-15-19/h5-7H,8H2,1-4H3,(H2,13,14,16,17,18). The van der Waals surface area contributed by atoms with E-state index in [1.165, 1.54) is 0 Å². The maximum absolute atomic E-state index is 5.35. The lowest BCUT2D eigenvalue weighted by Crippen LogP contribution is -2.32. The number of ether oxygens (including phenoxy) is 1. The van der Waals surface area contributed by atoms with Gasteiger partial charge in [0.1, 0.15) is 0 Å². The molecule has 0 atom stereocenters. The lowest BCUT2D eigenvalue weighted by Gasteiger charge is -2.23. The summed E-state index contributed by atoms with van der Waals surface area (Å²) in [4.78, 5) is 12.8. The Balaban J connectivity index is 2.23. The topological polar surface area (TPSA) is 89.8 Å². The molecule has 8 nitrogen and oxygen atoms in total. The minimum Gasteiger partial charge on any atom is -0.377 e. The van der Waals surface area contributed by atoms with Crippen LogP contribution in [0, 0.1) is 0 Å². The zero-order valence-electron chi connectivity index (χ0n) is 12.1. The number of anilines is 2. The number of rotatable bonds is 6.